The Hall–Kier alpha value is -1.34. The third-order valence-corrected chi connectivity index (χ3v) is 5.91. The Balaban J connectivity index is 2.87. The molecule has 7 atom stereocenters. The zero-order valence-corrected chi connectivity index (χ0v) is 21.1. The summed E-state index contributed by atoms with van der Waals surface area (Å²) in [6.45, 7) is 7.21. The first kappa shape index (κ1) is 30.7. The molecule has 11 heteroatoms. The minimum absolute atomic E-state index is 0.0529. The van der Waals surface area contributed by atoms with Crippen LogP contribution in [0.25, 0.3) is 0 Å². The number of hydrogen-bond acceptors (Lipinski definition) is 9. The maximum absolute atomic E-state index is 12.4. The van der Waals surface area contributed by atoms with E-state index in [-0.39, 0.29) is 49.1 Å². The lowest BCUT2D eigenvalue weighted by molar-refractivity contribution is -0.221. The summed E-state index contributed by atoms with van der Waals surface area (Å²) in [4.78, 5) is 0. The fourth-order valence-corrected chi connectivity index (χ4v) is 4.03. The van der Waals surface area contributed by atoms with Gasteiger partial charge in [0, 0.05) is 31.4 Å². The molecule has 0 bridgehead atoms. The van der Waals surface area contributed by atoms with Gasteiger partial charge in [-0.15, -0.1) is 0 Å². The average Bonchev–Trinajstić information content (AvgIpc) is 2.72. The Bertz CT molecular complexity index is 629. The maximum Gasteiger partial charge on any atom is 0.173 e. The summed E-state index contributed by atoms with van der Waals surface area (Å²) in [5, 5.41) is 34.8. The predicted octanol–water partition coefficient (Wildman–Crippen LogP) is 0.0679. The monoisotopic (exact) mass is 490 g/mol. The highest BCUT2D eigenvalue weighted by Crippen LogP contribution is 2.25. The van der Waals surface area contributed by atoms with Crippen molar-refractivity contribution in [2.75, 3.05) is 26.3 Å². The van der Waals surface area contributed by atoms with E-state index >= 15 is 0 Å². The third-order valence-electron chi connectivity index (χ3n) is 5.91. The van der Waals surface area contributed by atoms with Crippen LogP contribution in [0, 0.1) is 11.3 Å². The van der Waals surface area contributed by atoms with Crippen molar-refractivity contribution in [1.29, 1.82) is 5.41 Å². The summed E-state index contributed by atoms with van der Waals surface area (Å²) in [5.74, 6) is -0.252. The number of ether oxygens (including phenoxy) is 2. The molecule has 1 rings (SSSR count). The molecule has 0 aromatic rings. The minimum atomic E-state index is -1.35. The molecule has 1 heterocycles. The fourth-order valence-electron chi connectivity index (χ4n) is 4.03. The van der Waals surface area contributed by atoms with Gasteiger partial charge in [0.2, 0.25) is 0 Å². The molecule has 200 valence electrons. The van der Waals surface area contributed by atoms with Gasteiger partial charge in [0.25, 0.3) is 0 Å². The zero-order chi connectivity index (χ0) is 25.9. The highest BCUT2D eigenvalue weighted by molar-refractivity contribution is 5.86. The number of nitrogens with one attached hydrogen (secondary N) is 3. The van der Waals surface area contributed by atoms with Crippen LogP contribution in [0.2, 0.25) is 0 Å². The molecule has 34 heavy (non-hydrogen) atoms. The van der Waals surface area contributed by atoms with E-state index in [0.717, 1.165) is 12.8 Å². The van der Waals surface area contributed by atoms with Crippen LogP contribution < -0.4 is 27.8 Å². The van der Waals surface area contributed by atoms with Crippen molar-refractivity contribution in [3.05, 3.63) is 11.8 Å². The lowest BCUT2D eigenvalue weighted by Crippen LogP contribution is -2.53. The number of aliphatic hydroxyl groups excluding tert-OH is 1. The number of allylic oxidation sites excluding steroid dienone is 1. The summed E-state index contributed by atoms with van der Waals surface area (Å²) in [5.41, 5.74) is 17.1. The van der Waals surface area contributed by atoms with Gasteiger partial charge >= 0.3 is 0 Å². The van der Waals surface area contributed by atoms with E-state index in [1.807, 2.05) is 6.92 Å². The molecule has 0 radical (unpaired) electrons. The largest absolute Gasteiger partial charge is 0.402 e. The van der Waals surface area contributed by atoms with Crippen LogP contribution in [0.1, 0.15) is 53.4 Å². The third kappa shape index (κ3) is 11.4. The molecule has 11 N–H and O–H groups in total. The standard InChI is InChI=1S/C23H47FN6O4/c1-14(26)9-17(31)11-16(20(12-25)30-22(28)23(3,4)32)10-15(2)33-21-19(27)6-5-18(34-21)13-29-8-7-24/h9,15-21,29,31-32H,5-8,10-13,25-27H2,1-4H3,(H2,28,30)/b14-9+/t15?,16?,17?,18?,19?,20?,21-/m0/s1. The highest BCUT2D eigenvalue weighted by atomic mass is 19.1. The quantitative estimate of drug-likeness (QED) is 0.0893. The zero-order valence-electron chi connectivity index (χ0n) is 21.1. The van der Waals surface area contributed by atoms with Crippen molar-refractivity contribution in [2.24, 2.45) is 23.1 Å². The molecular weight excluding hydrogens is 443 g/mol. The van der Waals surface area contributed by atoms with E-state index in [1.54, 1.807) is 13.0 Å². The fraction of sp³-hybridized carbons (Fsp3) is 0.870. The number of rotatable bonds is 15. The highest BCUT2D eigenvalue weighted by Gasteiger charge is 2.33. The van der Waals surface area contributed by atoms with Crippen LogP contribution in [-0.4, -0.2) is 84.6 Å². The second-order valence-corrected chi connectivity index (χ2v) is 9.84. The number of hydrogen-bond donors (Lipinski definition) is 8. The van der Waals surface area contributed by atoms with Crippen LogP contribution >= 0.6 is 0 Å². The van der Waals surface area contributed by atoms with E-state index in [9.17, 15) is 14.6 Å². The van der Waals surface area contributed by atoms with Crippen LogP contribution in [-0.2, 0) is 9.47 Å². The first-order valence-corrected chi connectivity index (χ1v) is 12.1. The smallest absolute Gasteiger partial charge is 0.173 e. The molecule has 0 aromatic carbocycles. The second-order valence-electron chi connectivity index (χ2n) is 9.84. The van der Waals surface area contributed by atoms with Gasteiger partial charge in [-0.1, -0.05) is 0 Å². The number of halogens is 1. The van der Waals surface area contributed by atoms with Crippen LogP contribution in [0.4, 0.5) is 4.39 Å². The Morgan fingerprint density at radius 1 is 1.35 bits per heavy atom. The van der Waals surface area contributed by atoms with Gasteiger partial charge in [-0.3, -0.25) is 5.41 Å². The summed E-state index contributed by atoms with van der Waals surface area (Å²) in [6, 6.07) is -0.664. The Labute approximate surface area is 203 Å². The van der Waals surface area contributed by atoms with Crippen molar-refractivity contribution >= 4 is 5.84 Å². The minimum Gasteiger partial charge on any atom is -0.402 e. The van der Waals surface area contributed by atoms with E-state index < -0.39 is 24.7 Å². The molecule has 1 fully saturated rings. The van der Waals surface area contributed by atoms with Crippen molar-refractivity contribution in [3.63, 3.8) is 0 Å². The number of alkyl halides is 1. The van der Waals surface area contributed by atoms with E-state index in [2.05, 4.69) is 10.6 Å². The van der Waals surface area contributed by atoms with E-state index in [0.29, 0.717) is 25.1 Å². The molecule has 0 aliphatic carbocycles. The van der Waals surface area contributed by atoms with E-state index in [4.69, 9.17) is 32.1 Å². The molecule has 0 saturated carbocycles. The predicted molar refractivity (Wildman–Crippen MR) is 132 cm³/mol. The maximum atomic E-state index is 12.4. The lowest BCUT2D eigenvalue weighted by Gasteiger charge is -2.38. The van der Waals surface area contributed by atoms with Gasteiger partial charge in [0.15, 0.2) is 6.29 Å². The van der Waals surface area contributed by atoms with Crippen molar-refractivity contribution in [2.45, 2.75) is 95.7 Å². The summed E-state index contributed by atoms with van der Waals surface area (Å²) < 4.78 is 24.5. The van der Waals surface area contributed by atoms with Gasteiger partial charge < -0.3 is 47.5 Å². The normalized spacial score (nSPS) is 25.4. The lowest BCUT2D eigenvalue weighted by atomic mass is 9.87. The Kier molecular flexibility index (Phi) is 13.5. The van der Waals surface area contributed by atoms with Gasteiger partial charge in [-0.2, -0.15) is 0 Å². The molecule has 6 unspecified atom stereocenters. The van der Waals surface area contributed by atoms with Gasteiger partial charge in [-0.25, -0.2) is 4.39 Å². The van der Waals surface area contributed by atoms with E-state index in [1.165, 1.54) is 13.8 Å². The van der Waals surface area contributed by atoms with Crippen LogP contribution in [0.3, 0.4) is 0 Å². The first-order chi connectivity index (χ1) is 15.9. The molecular formula is C23H47FN6O4. The average molecular weight is 491 g/mol. The molecule has 0 aromatic heterocycles. The molecule has 1 aliphatic heterocycles. The molecule has 10 nitrogen and oxygen atoms in total. The molecule has 1 aliphatic rings. The topological polar surface area (TPSA) is 185 Å². The van der Waals surface area contributed by atoms with Crippen molar-refractivity contribution in [3.8, 4) is 0 Å². The molecule has 1 saturated heterocycles. The van der Waals surface area contributed by atoms with Gasteiger partial charge in [0.05, 0.1) is 24.4 Å². The molecule has 0 amide bonds. The van der Waals surface area contributed by atoms with Crippen molar-refractivity contribution < 1.29 is 24.1 Å². The van der Waals surface area contributed by atoms with Crippen LogP contribution in [0.5, 0.6) is 0 Å². The molecule has 0 spiro atoms. The summed E-state index contributed by atoms with van der Waals surface area (Å²) in [7, 11) is 0. The van der Waals surface area contributed by atoms with Crippen LogP contribution in [0.15, 0.2) is 11.8 Å². The number of aliphatic hydroxyl groups is 2. The number of nitrogens with two attached hydrogens (primary N) is 3. The summed E-state index contributed by atoms with van der Waals surface area (Å²) >= 11 is 0. The van der Waals surface area contributed by atoms with Gasteiger partial charge in [-0.05, 0) is 65.4 Å². The first-order valence-electron chi connectivity index (χ1n) is 12.1. The second kappa shape index (κ2) is 14.9. The van der Waals surface area contributed by atoms with Gasteiger partial charge in [0.1, 0.15) is 18.1 Å². The Morgan fingerprint density at radius 3 is 2.59 bits per heavy atom. The summed E-state index contributed by atoms with van der Waals surface area (Å²) in [6.07, 6.45) is 2.12. The van der Waals surface area contributed by atoms with Crippen molar-refractivity contribution in [1.82, 2.24) is 10.6 Å². The number of amidine groups is 1. The Morgan fingerprint density at radius 2 is 2.03 bits per heavy atom. The SMILES string of the molecule is C/C(N)=C\C(O)CC(CC(C)O[C@H]1OC(CNCCF)CCC1N)C(CN)NC(=N)C(C)(C)O.